The third-order valence-corrected chi connectivity index (χ3v) is 4.20. The van der Waals surface area contributed by atoms with Crippen LogP contribution in [0.3, 0.4) is 0 Å². The van der Waals surface area contributed by atoms with Crippen molar-refractivity contribution >= 4 is 26.7 Å². The van der Waals surface area contributed by atoms with Crippen molar-refractivity contribution in [1.29, 1.82) is 0 Å². The minimum absolute atomic E-state index is 0.291. The lowest BCUT2D eigenvalue weighted by molar-refractivity contribution is 0.114. The second-order valence-corrected chi connectivity index (χ2v) is 5.75. The van der Waals surface area contributed by atoms with Gasteiger partial charge >= 0.3 is 0 Å². The first-order chi connectivity index (χ1) is 8.65. The summed E-state index contributed by atoms with van der Waals surface area (Å²) < 4.78 is 1.08. The van der Waals surface area contributed by atoms with Crippen molar-refractivity contribution < 1.29 is 5.11 Å². The zero-order valence-corrected chi connectivity index (χ0v) is 12.4. The Balaban J connectivity index is 2.48. The van der Waals surface area contributed by atoms with Gasteiger partial charge in [0.15, 0.2) is 0 Å². The van der Waals surface area contributed by atoms with Crippen LogP contribution < -0.4 is 0 Å². The number of hydrogen-bond donors (Lipinski definition) is 1. The molecular weight excluding hydrogens is 288 g/mol. The SMILES string of the molecule is CCCC(C)C(O)c1ccc(Br)c2ccccc12. The summed E-state index contributed by atoms with van der Waals surface area (Å²) >= 11 is 3.57. The Bertz CT molecular complexity index is 536. The highest BCUT2D eigenvalue weighted by atomic mass is 79.9. The molecule has 0 saturated carbocycles. The second kappa shape index (κ2) is 5.85. The Morgan fingerprint density at radius 2 is 1.78 bits per heavy atom. The van der Waals surface area contributed by atoms with Gasteiger partial charge in [0, 0.05) is 4.47 Å². The Kier molecular flexibility index (Phi) is 4.41. The van der Waals surface area contributed by atoms with Crippen LogP contribution >= 0.6 is 15.9 Å². The van der Waals surface area contributed by atoms with Gasteiger partial charge in [-0.2, -0.15) is 0 Å². The summed E-state index contributed by atoms with van der Waals surface area (Å²) in [5.41, 5.74) is 1.04. The van der Waals surface area contributed by atoms with E-state index in [0.717, 1.165) is 33.7 Å². The molecule has 0 aliphatic heterocycles. The Hall–Kier alpha value is -0.860. The highest BCUT2D eigenvalue weighted by Crippen LogP contribution is 2.34. The van der Waals surface area contributed by atoms with Crippen molar-refractivity contribution in [2.45, 2.75) is 32.8 Å². The number of halogens is 1. The summed E-state index contributed by atoms with van der Waals surface area (Å²) in [7, 11) is 0. The molecule has 2 aromatic rings. The maximum Gasteiger partial charge on any atom is 0.0821 e. The highest BCUT2D eigenvalue weighted by molar-refractivity contribution is 9.10. The predicted octanol–water partition coefficient (Wildman–Crippen LogP) is 5.07. The Labute approximate surface area is 117 Å². The van der Waals surface area contributed by atoms with Crippen LogP contribution in [0.5, 0.6) is 0 Å². The molecule has 96 valence electrons. The van der Waals surface area contributed by atoms with E-state index < -0.39 is 0 Å². The molecule has 0 saturated heterocycles. The van der Waals surface area contributed by atoms with Gasteiger partial charge < -0.3 is 5.11 Å². The van der Waals surface area contributed by atoms with Crippen molar-refractivity contribution in [1.82, 2.24) is 0 Å². The molecule has 2 aromatic carbocycles. The quantitative estimate of drug-likeness (QED) is 0.836. The van der Waals surface area contributed by atoms with Gasteiger partial charge in [0.25, 0.3) is 0 Å². The summed E-state index contributed by atoms with van der Waals surface area (Å²) in [4.78, 5) is 0. The van der Waals surface area contributed by atoms with Crippen molar-refractivity contribution in [2.75, 3.05) is 0 Å². The molecule has 1 N–H and O–H groups in total. The van der Waals surface area contributed by atoms with Gasteiger partial charge in [-0.05, 0) is 34.7 Å². The van der Waals surface area contributed by atoms with Crippen LogP contribution in [0.4, 0.5) is 0 Å². The minimum atomic E-state index is -0.386. The van der Waals surface area contributed by atoms with Gasteiger partial charge in [-0.3, -0.25) is 0 Å². The Morgan fingerprint density at radius 3 is 2.44 bits per heavy atom. The molecule has 18 heavy (non-hydrogen) atoms. The van der Waals surface area contributed by atoms with Gasteiger partial charge in [0.1, 0.15) is 0 Å². The number of aliphatic hydroxyl groups excluding tert-OH is 1. The highest BCUT2D eigenvalue weighted by Gasteiger charge is 2.18. The fourth-order valence-corrected chi connectivity index (χ4v) is 2.94. The zero-order valence-electron chi connectivity index (χ0n) is 10.9. The van der Waals surface area contributed by atoms with E-state index in [1.165, 1.54) is 0 Å². The molecule has 0 aliphatic rings. The van der Waals surface area contributed by atoms with Gasteiger partial charge in [-0.25, -0.2) is 0 Å². The molecule has 0 fully saturated rings. The fourth-order valence-electron chi connectivity index (χ4n) is 2.46. The monoisotopic (exact) mass is 306 g/mol. The summed E-state index contributed by atoms with van der Waals surface area (Å²) in [6.07, 6.45) is 1.76. The molecule has 0 spiro atoms. The average molecular weight is 307 g/mol. The van der Waals surface area contributed by atoms with Gasteiger partial charge in [-0.1, -0.05) is 66.5 Å². The molecule has 0 amide bonds. The van der Waals surface area contributed by atoms with Crippen LogP contribution in [0.1, 0.15) is 38.4 Å². The molecule has 0 bridgehead atoms. The zero-order chi connectivity index (χ0) is 13.1. The number of aliphatic hydroxyl groups is 1. The molecule has 2 unspecified atom stereocenters. The lowest BCUT2D eigenvalue weighted by Crippen LogP contribution is -2.09. The smallest absolute Gasteiger partial charge is 0.0821 e. The fraction of sp³-hybridized carbons (Fsp3) is 0.375. The van der Waals surface area contributed by atoms with Crippen LogP contribution in [0.2, 0.25) is 0 Å². The van der Waals surface area contributed by atoms with E-state index in [4.69, 9.17) is 0 Å². The number of benzene rings is 2. The number of hydrogen-bond acceptors (Lipinski definition) is 1. The maximum atomic E-state index is 10.5. The molecule has 0 heterocycles. The Morgan fingerprint density at radius 1 is 1.11 bits per heavy atom. The standard InChI is InChI=1S/C16H19BrO/c1-3-6-11(2)16(18)14-9-10-15(17)13-8-5-4-7-12(13)14/h4-5,7-11,16,18H,3,6H2,1-2H3. The summed E-state index contributed by atoms with van der Waals surface area (Å²) in [6.45, 7) is 4.27. The first-order valence-electron chi connectivity index (χ1n) is 6.50. The van der Waals surface area contributed by atoms with Gasteiger partial charge in [-0.15, -0.1) is 0 Å². The predicted molar refractivity (Wildman–Crippen MR) is 80.7 cm³/mol. The molecule has 0 aliphatic carbocycles. The topological polar surface area (TPSA) is 20.2 Å². The van der Waals surface area contributed by atoms with Gasteiger partial charge in [0.2, 0.25) is 0 Å². The lowest BCUT2D eigenvalue weighted by Gasteiger charge is -2.20. The normalized spacial score (nSPS) is 14.7. The molecule has 0 aromatic heterocycles. The van der Waals surface area contributed by atoms with E-state index in [0.29, 0.717) is 5.92 Å². The molecule has 2 atom stereocenters. The van der Waals surface area contributed by atoms with E-state index in [9.17, 15) is 5.11 Å². The van der Waals surface area contributed by atoms with Crippen molar-refractivity contribution in [2.24, 2.45) is 5.92 Å². The van der Waals surface area contributed by atoms with Crippen molar-refractivity contribution in [3.8, 4) is 0 Å². The van der Waals surface area contributed by atoms with E-state index in [1.807, 2.05) is 24.3 Å². The van der Waals surface area contributed by atoms with E-state index in [2.05, 4.69) is 41.9 Å². The van der Waals surface area contributed by atoms with Crippen LogP contribution in [-0.4, -0.2) is 5.11 Å². The molecule has 1 nitrogen and oxygen atoms in total. The minimum Gasteiger partial charge on any atom is -0.388 e. The first-order valence-corrected chi connectivity index (χ1v) is 7.29. The third kappa shape index (κ3) is 2.60. The third-order valence-electron chi connectivity index (χ3n) is 3.51. The number of fused-ring (bicyclic) bond motifs is 1. The van der Waals surface area contributed by atoms with Crippen LogP contribution in [0, 0.1) is 5.92 Å². The molecule has 2 rings (SSSR count). The van der Waals surface area contributed by atoms with Crippen molar-refractivity contribution in [3.63, 3.8) is 0 Å². The molecule has 2 heteroatoms. The lowest BCUT2D eigenvalue weighted by atomic mass is 9.90. The largest absolute Gasteiger partial charge is 0.388 e. The molecular formula is C16H19BrO. The first kappa shape index (κ1) is 13.6. The summed E-state index contributed by atoms with van der Waals surface area (Å²) in [5.74, 6) is 0.291. The van der Waals surface area contributed by atoms with E-state index in [1.54, 1.807) is 0 Å². The van der Waals surface area contributed by atoms with Crippen LogP contribution in [0.15, 0.2) is 40.9 Å². The van der Waals surface area contributed by atoms with E-state index in [-0.39, 0.29) is 6.10 Å². The van der Waals surface area contributed by atoms with Crippen LogP contribution in [-0.2, 0) is 0 Å². The number of rotatable bonds is 4. The van der Waals surface area contributed by atoms with Gasteiger partial charge in [0.05, 0.1) is 6.10 Å². The summed E-state index contributed by atoms with van der Waals surface area (Å²) in [6, 6.07) is 12.3. The van der Waals surface area contributed by atoms with Crippen molar-refractivity contribution in [3.05, 3.63) is 46.4 Å². The molecule has 0 radical (unpaired) electrons. The average Bonchev–Trinajstić information content (AvgIpc) is 2.39. The van der Waals surface area contributed by atoms with E-state index >= 15 is 0 Å². The summed E-state index contributed by atoms with van der Waals surface area (Å²) in [5, 5.41) is 12.8. The van der Waals surface area contributed by atoms with Crippen LogP contribution in [0.25, 0.3) is 10.8 Å². The second-order valence-electron chi connectivity index (χ2n) is 4.89. The maximum absolute atomic E-state index is 10.5.